The number of amides is 1. The summed E-state index contributed by atoms with van der Waals surface area (Å²) in [6.45, 7) is 6.83. The minimum absolute atomic E-state index is 0.0708. The van der Waals surface area contributed by atoms with Crippen LogP contribution < -0.4 is 21.9 Å². The highest BCUT2D eigenvalue weighted by Crippen LogP contribution is 2.19. The molecule has 1 aromatic rings. The summed E-state index contributed by atoms with van der Waals surface area (Å²) in [6.07, 6.45) is 4.53. The third kappa shape index (κ3) is 4.50. The molecule has 0 unspecified atom stereocenters. The van der Waals surface area contributed by atoms with Crippen LogP contribution in [0.4, 0.5) is 11.5 Å². The highest BCUT2D eigenvalue weighted by Gasteiger charge is 2.26. The minimum atomic E-state index is -0.597. The van der Waals surface area contributed by atoms with Gasteiger partial charge in [-0.2, -0.15) is 0 Å². The van der Waals surface area contributed by atoms with Crippen LogP contribution in [0.1, 0.15) is 46.0 Å². The van der Waals surface area contributed by atoms with Gasteiger partial charge in [-0.15, -0.1) is 0 Å². The average molecular weight is 351 g/mol. The molecule has 0 saturated carbocycles. The predicted octanol–water partition coefficient (Wildman–Crippen LogP) is 0.758. The quantitative estimate of drug-likeness (QED) is 0.719. The molecule has 0 atom stereocenters. The average Bonchev–Trinajstić information content (AvgIpc) is 3.07. The molecular formula is C17H29N5O3. The summed E-state index contributed by atoms with van der Waals surface area (Å²) in [4.78, 5) is 43.1. The van der Waals surface area contributed by atoms with Crippen molar-refractivity contribution in [2.24, 2.45) is 0 Å². The molecule has 0 aliphatic carbocycles. The third-order valence-electron chi connectivity index (χ3n) is 4.53. The van der Waals surface area contributed by atoms with E-state index in [1.165, 1.54) is 9.47 Å². The number of aromatic amines is 1. The monoisotopic (exact) mass is 351 g/mol. The van der Waals surface area contributed by atoms with E-state index in [1.54, 1.807) is 0 Å². The number of carbonyl (C=O) groups is 1. The molecule has 0 radical (unpaired) electrons. The number of hydrogen-bond donors (Lipinski definition) is 2. The van der Waals surface area contributed by atoms with Crippen molar-refractivity contribution in [2.75, 3.05) is 36.8 Å². The number of nitrogens with zero attached hydrogens (tertiary/aromatic N) is 3. The van der Waals surface area contributed by atoms with Gasteiger partial charge in [0.25, 0.3) is 5.56 Å². The van der Waals surface area contributed by atoms with E-state index in [4.69, 9.17) is 5.73 Å². The van der Waals surface area contributed by atoms with Crippen molar-refractivity contribution in [3.05, 3.63) is 20.8 Å². The summed E-state index contributed by atoms with van der Waals surface area (Å²) in [5.41, 5.74) is 5.10. The molecule has 2 heterocycles. The normalized spacial score (nSPS) is 14.8. The highest BCUT2D eigenvalue weighted by molar-refractivity contribution is 5.96. The molecule has 1 aliphatic rings. The van der Waals surface area contributed by atoms with Crippen molar-refractivity contribution < 1.29 is 4.79 Å². The minimum Gasteiger partial charge on any atom is -0.383 e. The van der Waals surface area contributed by atoms with E-state index in [0.717, 1.165) is 38.8 Å². The second-order valence-electron chi connectivity index (χ2n) is 6.53. The first-order valence-electron chi connectivity index (χ1n) is 9.14. The first kappa shape index (κ1) is 19.2. The number of H-pyrrole nitrogens is 1. The lowest BCUT2D eigenvalue weighted by molar-refractivity contribution is -0.119. The lowest BCUT2D eigenvalue weighted by Crippen LogP contribution is -2.45. The third-order valence-corrected chi connectivity index (χ3v) is 4.53. The van der Waals surface area contributed by atoms with E-state index in [-0.39, 0.29) is 24.0 Å². The van der Waals surface area contributed by atoms with Crippen LogP contribution in [0, 0.1) is 0 Å². The summed E-state index contributed by atoms with van der Waals surface area (Å²) in [7, 11) is 0. The Morgan fingerprint density at radius 3 is 2.48 bits per heavy atom. The molecule has 1 aliphatic heterocycles. The van der Waals surface area contributed by atoms with Gasteiger partial charge in [0, 0.05) is 13.1 Å². The van der Waals surface area contributed by atoms with Gasteiger partial charge < -0.3 is 10.6 Å². The second kappa shape index (κ2) is 8.84. The Morgan fingerprint density at radius 2 is 1.88 bits per heavy atom. The predicted molar refractivity (Wildman–Crippen MR) is 99.0 cm³/mol. The van der Waals surface area contributed by atoms with Crippen molar-refractivity contribution in [3.8, 4) is 0 Å². The number of likely N-dealkylation sites (tertiary alicyclic amines) is 1. The number of nitrogens with two attached hydrogens (primary N) is 1. The maximum atomic E-state index is 12.9. The lowest BCUT2D eigenvalue weighted by Gasteiger charge is -2.26. The van der Waals surface area contributed by atoms with Gasteiger partial charge in [0.1, 0.15) is 5.82 Å². The van der Waals surface area contributed by atoms with Gasteiger partial charge in [-0.3, -0.25) is 24.0 Å². The van der Waals surface area contributed by atoms with E-state index in [2.05, 4.69) is 9.88 Å². The first-order valence-corrected chi connectivity index (χ1v) is 9.14. The largest absolute Gasteiger partial charge is 0.383 e. The molecule has 2 rings (SSSR count). The van der Waals surface area contributed by atoms with E-state index in [0.29, 0.717) is 19.5 Å². The molecule has 8 heteroatoms. The zero-order chi connectivity index (χ0) is 18.4. The summed E-state index contributed by atoms with van der Waals surface area (Å²) in [5.74, 6) is -0.0734. The molecule has 1 saturated heterocycles. The van der Waals surface area contributed by atoms with Crippen LogP contribution in [0.5, 0.6) is 0 Å². The van der Waals surface area contributed by atoms with Crippen LogP contribution in [0.2, 0.25) is 0 Å². The lowest BCUT2D eigenvalue weighted by atomic mass is 10.2. The molecule has 140 valence electrons. The summed E-state index contributed by atoms with van der Waals surface area (Å²) < 4.78 is 1.33. The maximum Gasteiger partial charge on any atom is 0.330 e. The number of carbonyl (C=O) groups excluding carboxylic acids is 1. The first-order chi connectivity index (χ1) is 12.0. The van der Waals surface area contributed by atoms with Crippen molar-refractivity contribution in [1.82, 2.24) is 14.5 Å². The van der Waals surface area contributed by atoms with Gasteiger partial charge in [0.2, 0.25) is 5.91 Å². The van der Waals surface area contributed by atoms with Gasteiger partial charge in [-0.05, 0) is 38.8 Å². The molecule has 8 nitrogen and oxygen atoms in total. The summed E-state index contributed by atoms with van der Waals surface area (Å²) >= 11 is 0. The Labute approximate surface area is 147 Å². The summed E-state index contributed by atoms with van der Waals surface area (Å²) in [6, 6.07) is 0. The van der Waals surface area contributed by atoms with Gasteiger partial charge in [-0.25, -0.2) is 4.79 Å². The summed E-state index contributed by atoms with van der Waals surface area (Å²) in [5, 5.41) is 0. The van der Waals surface area contributed by atoms with E-state index in [1.807, 2.05) is 13.8 Å². The van der Waals surface area contributed by atoms with Gasteiger partial charge in [-0.1, -0.05) is 20.3 Å². The van der Waals surface area contributed by atoms with Crippen LogP contribution in [0.3, 0.4) is 0 Å². The Bertz CT molecular complexity index is 703. The van der Waals surface area contributed by atoms with Crippen LogP contribution in [-0.4, -0.2) is 46.5 Å². The van der Waals surface area contributed by atoms with Crippen molar-refractivity contribution >= 4 is 17.4 Å². The number of unbranched alkanes of at least 4 members (excludes halogenated alkanes) is 1. The van der Waals surface area contributed by atoms with Crippen LogP contribution in [0.15, 0.2) is 9.59 Å². The maximum absolute atomic E-state index is 12.9. The molecule has 1 aromatic heterocycles. The zero-order valence-electron chi connectivity index (χ0n) is 15.2. The fourth-order valence-corrected chi connectivity index (χ4v) is 3.18. The number of nitrogen functional groups attached to an aromatic ring is 1. The zero-order valence-corrected chi connectivity index (χ0v) is 15.2. The fourth-order valence-electron chi connectivity index (χ4n) is 3.18. The van der Waals surface area contributed by atoms with Crippen molar-refractivity contribution in [2.45, 2.75) is 52.5 Å². The number of nitrogens with one attached hydrogen (secondary N) is 1. The number of anilines is 2. The highest BCUT2D eigenvalue weighted by atomic mass is 16.2. The van der Waals surface area contributed by atoms with Crippen molar-refractivity contribution in [1.29, 1.82) is 0 Å². The smallest absolute Gasteiger partial charge is 0.330 e. The van der Waals surface area contributed by atoms with Crippen LogP contribution >= 0.6 is 0 Å². The fraction of sp³-hybridized carbons (Fsp3) is 0.706. The molecule has 1 fully saturated rings. The van der Waals surface area contributed by atoms with Crippen molar-refractivity contribution in [3.63, 3.8) is 0 Å². The molecule has 0 bridgehead atoms. The van der Waals surface area contributed by atoms with Crippen LogP contribution in [-0.2, 0) is 11.3 Å². The second-order valence-corrected chi connectivity index (χ2v) is 6.53. The Morgan fingerprint density at radius 1 is 1.20 bits per heavy atom. The van der Waals surface area contributed by atoms with E-state index in [9.17, 15) is 14.4 Å². The van der Waals surface area contributed by atoms with Crippen LogP contribution in [0.25, 0.3) is 0 Å². The molecule has 1 amide bonds. The number of rotatable bonds is 8. The Hall–Kier alpha value is -2.09. The molecule has 0 spiro atoms. The Balaban J connectivity index is 2.39. The van der Waals surface area contributed by atoms with E-state index < -0.39 is 11.2 Å². The molecule has 0 aromatic carbocycles. The molecular weight excluding hydrogens is 322 g/mol. The van der Waals surface area contributed by atoms with Gasteiger partial charge in [0.05, 0.1) is 6.54 Å². The molecule has 25 heavy (non-hydrogen) atoms. The standard InChI is InChI=1S/C17H29N5O3/c1-3-5-11-21(13(23)12-20-9-6-7-10-20)14-15(18)22(8-4-2)17(25)19-16(14)24/h3-12,18H2,1-2H3,(H,19,24,25). The number of hydrogen-bond acceptors (Lipinski definition) is 5. The topological polar surface area (TPSA) is 104 Å². The SMILES string of the molecule is CCCCN(C(=O)CN1CCCC1)c1c(N)n(CCC)c(=O)[nH]c1=O. The van der Waals surface area contributed by atoms with Gasteiger partial charge in [0.15, 0.2) is 5.69 Å². The number of aromatic nitrogens is 2. The van der Waals surface area contributed by atoms with Gasteiger partial charge >= 0.3 is 5.69 Å². The molecule has 3 N–H and O–H groups in total. The van der Waals surface area contributed by atoms with E-state index >= 15 is 0 Å². The Kier molecular flexibility index (Phi) is 6.81.